The maximum absolute atomic E-state index is 12.5. The van der Waals surface area contributed by atoms with Gasteiger partial charge in [-0.05, 0) is 12.1 Å². The molecule has 0 amide bonds. The summed E-state index contributed by atoms with van der Waals surface area (Å²) in [6.07, 6.45) is 0.221. The van der Waals surface area contributed by atoms with Crippen molar-refractivity contribution < 1.29 is 21.9 Å². The van der Waals surface area contributed by atoms with Gasteiger partial charge >= 0.3 is 12.1 Å². The molecular formula is C14H14F3N5O2S. The molecule has 0 saturated carbocycles. The fourth-order valence-corrected chi connectivity index (χ4v) is 2.59. The van der Waals surface area contributed by atoms with E-state index in [-0.39, 0.29) is 12.4 Å². The zero-order valence-corrected chi connectivity index (χ0v) is 14.1. The van der Waals surface area contributed by atoms with Crippen LogP contribution in [0, 0.1) is 0 Å². The van der Waals surface area contributed by atoms with E-state index in [4.69, 9.17) is 0 Å². The molecule has 0 saturated heterocycles. The Morgan fingerprint density at radius 3 is 2.76 bits per heavy atom. The third-order valence-electron chi connectivity index (χ3n) is 3.47. The molecule has 1 atom stereocenters. The quantitative estimate of drug-likeness (QED) is 0.702. The molecule has 0 aliphatic rings. The lowest BCUT2D eigenvalue weighted by Crippen LogP contribution is -2.04. The Morgan fingerprint density at radius 1 is 1.36 bits per heavy atom. The van der Waals surface area contributed by atoms with Gasteiger partial charge in [-0.1, -0.05) is 12.1 Å². The Hall–Kier alpha value is -2.43. The van der Waals surface area contributed by atoms with Crippen LogP contribution in [0.2, 0.25) is 0 Å². The van der Waals surface area contributed by atoms with Crippen molar-refractivity contribution >= 4 is 15.4 Å². The Balaban J connectivity index is 1.92. The van der Waals surface area contributed by atoms with E-state index < -0.39 is 21.8 Å². The smallest absolute Gasteiger partial charge is 0.329 e. The van der Waals surface area contributed by atoms with Gasteiger partial charge in [-0.15, -0.1) is 0 Å². The van der Waals surface area contributed by atoms with Crippen molar-refractivity contribution in [2.24, 2.45) is 4.36 Å². The van der Waals surface area contributed by atoms with Crippen molar-refractivity contribution in [2.75, 3.05) is 12.0 Å². The van der Waals surface area contributed by atoms with Crippen LogP contribution < -0.4 is 0 Å². The second-order valence-electron chi connectivity index (χ2n) is 5.37. The zero-order valence-electron chi connectivity index (χ0n) is 13.3. The van der Waals surface area contributed by atoms with E-state index in [1.165, 1.54) is 6.07 Å². The summed E-state index contributed by atoms with van der Waals surface area (Å²) in [6, 6.07) is 3.09. The van der Waals surface area contributed by atoms with Crippen LogP contribution in [0.15, 0.2) is 33.4 Å². The van der Waals surface area contributed by atoms with E-state index in [0.717, 1.165) is 0 Å². The van der Waals surface area contributed by atoms with Crippen LogP contribution in [0.5, 0.6) is 0 Å². The summed E-state index contributed by atoms with van der Waals surface area (Å²) in [5, 5.41) is 3.35. The second-order valence-corrected chi connectivity index (χ2v) is 8.12. The topological polar surface area (TPSA) is 85.7 Å². The molecule has 3 heterocycles. The summed E-state index contributed by atoms with van der Waals surface area (Å²) >= 11 is 0. The molecule has 0 aliphatic heterocycles. The molecule has 0 N–H and O–H groups in total. The lowest BCUT2D eigenvalue weighted by molar-refractivity contribution is -0.159. The fourth-order valence-electron chi connectivity index (χ4n) is 2.00. The maximum atomic E-state index is 12.5. The highest BCUT2D eigenvalue weighted by molar-refractivity contribution is 7.92. The summed E-state index contributed by atoms with van der Waals surface area (Å²) in [6.45, 7) is 1.99. The molecule has 3 aromatic rings. The first-order valence-corrected chi connectivity index (χ1v) is 9.32. The molecule has 3 rings (SSSR count). The molecule has 0 aliphatic carbocycles. The average Bonchev–Trinajstić information content (AvgIpc) is 3.18. The predicted octanol–water partition coefficient (Wildman–Crippen LogP) is 3.02. The average molecular weight is 373 g/mol. The lowest BCUT2D eigenvalue weighted by Gasteiger charge is -1.97. The number of rotatable bonds is 4. The molecule has 0 radical (unpaired) electrons. The van der Waals surface area contributed by atoms with E-state index in [9.17, 15) is 17.4 Å². The monoisotopic (exact) mass is 373 g/mol. The molecule has 0 aromatic carbocycles. The van der Waals surface area contributed by atoms with Gasteiger partial charge in [0.25, 0.3) is 0 Å². The second kappa shape index (κ2) is 6.14. The number of hydrogen-bond donors (Lipinski definition) is 0. The summed E-state index contributed by atoms with van der Waals surface area (Å²) in [5.74, 6) is -1.13. The third kappa shape index (κ3) is 3.81. The first kappa shape index (κ1) is 17.4. The van der Waals surface area contributed by atoms with Crippen LogP contribution >= 0.6 is 0 Å². The summed E-state index contributed by atoms with van der Waals surface area (Å²) in [4.78, 5) is 7.68. The minimum atomic E-state index is -4.69. The van der Waals surface area contributed by atoms with Crippen LogP contribution in [-0.4, -0.2) is 35.7 Å². The third-order valence-corrected chi connectivity index (χ3v) is 5.22. The van der Waals surface area contributed by atoms with Crippen LogP contribution in [0.1, 0.15) is 18.5 Å². The van der Waals surface area contributed by atoms with Gasteiger partial charge in [-0.2, -0.15) is 18.2 Å². The van der Waals surface area contributed by atoms with Crippen molar-refractivity contribution in [3.63, 3.8) is 0 Å². The van der Waals surface area contributed by atoms with Crippen molar-refractivity contribution in [1.29, 1.82) is 0 Å². The Morgan fingerprint density at radius 2 is 2.12 bits per heavy atom. The molecule has 3 aromatic heterocycles. The van der Waals surface area contributed by atoms with Crippen LogP contribution in [-0.2, 0) is 22.5 Å². The van der Waals surface area contributed by atoms with Crippen LogP contribution in [0.3, 0.4) is 0 Å². The summed E-state index contributed by atoms with van der Waals surface area (Å²) in [7, 11) is -2.23. The highest BCUT2D eigenvalue weighted by Gasteiger charge is 2.38. The van der Waals surface area contributed by atoms with E-state index in [0.29, 0.717) is 22.7 Å². The number of aromatic nitrogens is 4. The van der Waals surface area contributed by atoms with Gasteiger partial charge in [-0.25, -0.2) is 9.35 Å². The van der Waals surface area contributed by atoms with Crippen LogP contribution in [0.4, 0.5) is 13.2 Å². The molecule has 0 bridgehead atoms. The van der Waals surface area contributed by atoms with Gasteiger partial charge in [0, 0.05) is 39.7 Å². The molecule has 134 valence electrons. The van der Waals surface area contributed by atoms with Crippen molar-refractivity contribution in [2.45, 2.75) is 19.6 Å². The highest BCUT2D eigenvalue weighted by atomic mass is 32.2. The van der Waals surface area contributed by atoms with E-state index >= 15 is 0 Å². The molecule has 25 heavy (non-hydrogen) atoms. The summed E-state index contributed by atoms with van der Waals surface area (Å²) < 4.78 is 59.6. The number of pyridine rings is 1. The van der Waals surface area contributed by atoms with Gasteiger partial charge < -0.3 is 8.92 Å². The number of hydrogen-bond acceptors (Lipinski definition) is 6. The zero-order chi connectivity index (χ0) is 18.2. The van der Waals surface area contributed by atoms with Gasteiger partial charge in [0.2, 0.25) is 5.82 Å². The van der Waals surface area contributed by atoms with E-state index in [2.05, 4.69) is 24.0 Å². The molecular weight excluding hydrogens is 359 g/mol. The first-order chi connectivity index (χ1) is 11.7. The number of nitrogens with zero attached hydrogens (tertiary/aromatic N) is 5. The van der Waals surface area contributed by atoms with E-state index in [1.54, 1.807) is 36.0 Å². The summed E-state index contributed by atoms with van der Waals surface area (Å²) in [5.41, 5.74) is 1.43. The predicted molar refractivity (Wildman–Crippen MR) is 84.2 cm³/mol. The molecule has 1 unspecified atom stereocenters. The van der Waals surface area contributed by atoms with E-state index in [1.807, 2.05) is 0 Å². The largest absolute Gasteiger partial charge is 0.471 e. The van der Waals surface area contributed by atoms with Crippen molar-refractivity contribution in [3.8, 4) is 11.4 Å². The molecule has 0 fully saturated rings. The van der Waals surface area contributed by atoms with Crippen molar-refractivity contribution in [3.05, 3.63) is 36.1 Å². The fraction of sp³-hybridized carbons (Fsp3) is 0.357. The molecule has 0 spiro atoms. The minimum Gasteiger partial charge on any atom is -0.329 e. The van der Waals surface area contributed by atoms with Crippen molar-refractivity contribution in [1.82, 2.24) is 19.5 Å². The Bertz CT molecular complexity index is 1030. The first-order valence-electron chi connectivity index (χ1n) is 7.22. The molecule has 11 heteroatoms. The Kier molecular flexibility index (Phi) is 4.27. The number of halogens is 3. The molecule has 7 nitrogen and oxygen atoms in total. The SMILES string of the molecule is CCS(C)(=O)=NCc1cn2ccc(-c3noc(C(F)(F)F)n3)cc2n1. The lowest BCUT2D eigenvalue weighted by atomic mass is 10.2. The van der Waals surface area contributed by atoms with Gasteiger partial charge in [-0.3, -0.25) is 4.21 Å². The normalized spacial score (nSPS) is 14.6. The maximum Gasteiger partial charge on any atom is 0.471 e. The standard InChI is InChI=1S/C14H14F3N5O2S/c1-3-25(2,23)18-7-10-8-22-5-4-9(6-11(22)19-10)12-20-13(24-21-12)14(15,16)17/h4-6,8H,3,7H2,1-2H3. The number of imidazole rings is 1. The van der Waals surface area contributed by atoms with Gasteiger partial charge in [0.05, 0.1) is 12.2 Å². The minimum absolute atomic E-state index is 0.174. The number of alkyl halides is 3. The highest BCUT2D eigenvalue weighted by Crippen LogP contribution is 2.29. The van der Waals surface area contributed by atoms with Crippen LogP contribution in [0.25, 0.3) is 17.0 Å². The Labute approximate surface area is 141 Å². The number of fused-ring (bicyclic) bond motifs is 1. The van der Waals surface area contributed by atoms with Gasteiger partial charge in [0.15, 0.2) is 0 Å². The van der Waals surface area contributed by atoms with Gasteiger partial charge in [0.1, 0.15) is 5.65 Å².